The Morgan fingerprint density at radius 1 is 1.50 bits per heavy atom. The summed E-state index contributed by atoms with van der Waals surface area (Å²) in [5.74, 6) is 0. The molecule has 51 valence electrons. The van der Waals surface area contributed by atoms with Gasteiger partial charge in [0, 0.05) is 6.54 Å². The van der Waals surface area contributed by atoms with Crippen LogP contribution in [-0.4, -0.2) is 12.6 Å². The molecule has 1 aliphatic carbocycles. The van der Waals surface area contributed by atoms with Crippen LogP contribution in [0.1, 0.15) is 0 Å². The lowest BCUT2D eigenvalue weighted by Gasteiger charge is -2.21. The summed E-state index contributed by atoms with van der Waals surface area (Å²) in [6.45, 7) is 0.796. The second-order valence-corrected chi connectivity index (χ2v) is 2.40. The number of nitrogens with one attached hydrogen (secondary N) is 1. The predicted octanol–water partition coefficient (Wildman–Crippen LogP) is 0.530. The summed E-state index contributed by atoms with van der Waals surface area (Å²) in [4.78, 5) is 0. The minimum atomic E-state index is 0.332. The topological polar surface area (TPSA) is 26.1 Å². The van der Waals surface area contributed by atoms with Gasteiger partial charge in [0.1, 0.15) is 0 Å². The van der Waals surface area contributed by atoms with Gasteiger partial charge in [0.25, 0.3) is 0 Å². The third kappa shape index (κ3) is 0.916. The molecule has 2 nitrogen and oxygen atoms in total. The zero-order valence-corrected chi connectivity index (χ0v) is 5.62. The van der Waals surface area contributed by atoms with Crippen LogP contribution in [0.3, 0.4) is 0 Å². The van der Waals surface area contributed by atoms with E-state index < -0.39 is 0 Å². The van der Waals surface area contributed by atoms with Crippen LogP contribution in [0.15, 0.2) is 36.0 Å². The number of rotatable bonds is 0. The molecule has 2 aliphatic rings. The maximum Gasteiger partial charge on any atom is 0.0659 e. The highest BCUT2D eigenvalue weighted by atomic mass is 15.4. The summed E-state index contributed by atoms with van der Waals surface area (Å²) < 4.78 is 0. The lowest BCUT2D eigenvalue weighted by Crippen LogP contribution is -2.39. The Hall–Kier alpha value is -0.860. The van der Waals surface area contributed by atoms with Gasteiger partial charge in [-0.25, -0.2) is 5.43 Å². The summed E-state index contributed by atoms with van der Waals surface area (Å²) in [6, 6.07) is 0.332. The van der Waals surface area contributed by atoms with Crippen molar-refractivity contribution in [2.45, 2.75) is 6.04 Å². The van der Waals surface area contributed by atoms with Crippen molar-refractivity contribution >= 4 is 0 Å². The van der Waals surface area contributed by atoms with Crippen LogP contribution in [0.4, 0.5) is 0 Å². The number of nitrogens with zero attached hydrogens (tertiary/aromatic N) is 1. The fraction of sp³-hybridized carbons (Fsp3) is 0.250. The van der Waals surface area contributed by atoms with Gasteiger partial charge in [0.15, 0.2) is 0 Å². The fourth-order valence-corrected chi connectivity index (χ4v) is 1.17. The zero-order valence-electron chi connectivity index (χ0n) is 5.62. The van der Waals surface area contributed by atoms with Gasteiger partial charge in [0.05, 0.1) is 6.04 Å². The zero-order chi connectivity index (χ0) is 6.81. The summed E-state index contributed by atoms with van der Waals surface area (Å²) in [5.41, 5.74) is 8.42. The van der Waals surface area contributed by atoms with Crippen LogP contribution in [0.5, 0.6) is 0 Å². The SMILES string of the molecule is C1=CC2=CC[N]NC2C=C1. The third-order valence-corrected chi connectivity index (χ3v) is 1.71. The molecule has 1 N–H and O–H groups in total. The molecule has 0 bridgehead atoms. The van der Waals surface area contributed by atoms with E-state index >= 15 is 0 Å². The minimum absolute atomic E-state index is 0.332. The van der Waals surface area contributed by atoms with Gasteiger partial charge in [-0.3, -0.25) is 0 Å². The van der Waals surface area contributed by atoms with Gasteiger partial charge in [-0.1, -0.05) is 30.4 Å². The summed E-state index contributed by atoms with van der Waals surface area (Å²) >= 11 is 0. The van der Waals surface area contributed by atoms with Crippen LogP contribution < -0.4 is 10.9 Å². The summed E-state index contributed by atoms with van der Waals surface area (Å²) in [7, 11) is 0. The molecule has 0 fully saturated rings. The van der Waals surface area contributed by atoms with Crippen LogP contribution in [0.25, 0.3) is 0 Å². The van der Waals surface area contributed by atoms with Crippen molar-refractivity contribution in [3.8, 4) is 0 Å². The largest absolute Gasteiger partial charge is 0.229 e. The first kappa shape index (κ1) is 5.89. The first-order chi connectivity index (χ1) is 4.97. The molecule has 1 atom stereocenters. The Bertz CT molecular complexity index is 213. The normalized spacial score (nSPS) is 29.6. The van der Waals surface area contributed by atoms with Crippen molar-refractivity contribution in [1.82, 2.24) is 10.9 Å². The van der Waals surface area contributed by atoms with Crippen molar-refractivity contribution in [1.29, 1.82) is 0 Å². The molecule has 1 heterocycles. The molecule has 1 unspecified atom stereocenters. The quantitative estimate of drug-likeness (QED) is 0.512. The van der Waals surface area contributed by atoms with E-state index in [0.29, 0.717) is 6.04 Å². The van der Waals surface area contributed by atoms with Crippen LogP contribution >= 0.6 is 0 Å². The smallest absolute Gasteiger partial charge is 0.0659 e. The van der Waals surface area contributed by atoms with E-state index in [1.807, 2.05) is 6.08 Å². The Kier molecular flexibility index (Phi) is 1.42. The number of allylic oxidation sites excluding steroid dienone is 2. The van der Waals surface area contributed by atoms with E-state index in [1.54, 1.807) is 0 Å². The lowest BCUT2D eigenvalue weighted by atomic mass is 10.0. The molecule has 0 aromatic carbocycles. The van der Waals surface area contributed by atoms with Crippen molar-refractivity contribution in [2.75, 3.05) is 6.54 Å². The van der Waals surface area contributed by atoms with Crippen molar-refractivity contribution in [3.63, 3.8) is 0 Å². The van der Waals surface area contributed by atoms with Crippen LogP contribution in [0.2, 0.25) is 0 Å². The average Bonchev–Trinajstić information content (AvgIpc) is 2.05. The van der Waals surface area contributed by atoms with Crippen molar-refractivity contribution < 1.29 is 0 Å². The molecule has 0 saturated heterocycles. The molecule has 0 aromatic heterocycles. The van der Waals surface area contributed by atoms with E-state index in [1.165, 1.54) is 5.57 Å². The van der Waals surface area contributed by atoms with Crippen molar-refractivity contribution in [2.24, 2.45) is 0 Å². The number of fused-ring (bicyclic) bond motifs is 1. The predicted molar refractivity (Wildman–Crippen MR) is 40.3 cm³/mol. The lowest BCUT2D eigenvalue weighted by molar-refractivity contribution is 0.509. The Morgan fingerprint density at radius 2 is 2.50 bits per heavy atom. The fourth-order valence-electron chi connectivity index (χ4n) is 1.17. The van der Waals surface area contributed by atoms with E-state index in [9.17, 15) is 0 Å². The van der Waals surface area contributed by atoms with E-state index in [4.69, 9.17) is 0 Å². The minimum Gasteiger partial charge on any atom is -0.229 e. The van der Waals surface area contributed by atoms with Gasteiger partial charge >= 0.3 is 0 Å². The second-order valence-electron chi connectivity index (χ2n) is 2.40. The van der Waals surface area contributed by atoms with Gasteiger partial charge in [0.2, 0.25) is 0 Å². The molecular formula is C8H9N2. The second kappa shape index (κ2) is 2.40. The van der Waals surface area contributed by atoms with Gasteiger partial charge in [-0.05, 0) is 5.57 Å². The molecule has 2 rings (SSSR count). The van der Waals surface area contributed by atoms with Gasteiger partial charge < -0.3 is 0 Å². The highest BCUT2D eigenvalue weighted by Crippen LogP contribution is 2.12. The monoisotopic (exact) mass is 133 g/mol. The number of hydrogen-bond donors (Lipinski definition) is 1. The number of hydrogen-bond acceptors (Lipinski definition) is 1. The molecule has 1 aliphatic heterocycles. The maximum absolute atomic E-state index is 4.05. The highest BCUT2D eigenvalue weighted by Gasteiger charge is 2.13. The standard InChI is InChI=1S/C8H9N2/c1-2-4-8-7(3-1)5-6-9-10-8/h1-5,8,10H,6H2. The molecule has 0 saturated carbocycles. The molecule has 2 heteroatoms. The highest BCUT2D eigenvalue weighted by molar-refractivity contribution is 5.37. The van der Waals surface area contributed by atoms with Crippen LogP contribution in [0, 0.1) is 0 Å². The van der Waals surface area contributed by atoms with Crippen molar-refractivity contribution in [3.05, 3.63) is 36.0 Å². The molecular weight excluding hydrogens is 124 g/mol. The summed E-state index contributed by atoms with van der Waals surface area (Å²) in [6.07, 6.45) is 10.5. The Labute approximate surface area is 60.3 Å². The maximum atomic E-state index is 4.05. The Balaban J connectivity index is 2.27. The van der Waals surface area contributed by atoms with Gasteiger partial charge in [-0.15, -0.1) is 0 Å². The average molecular weight is 133 g/mol. The molecule has 0 amide bonds. The van der Waals surface area contributed by atoms with E-state index in [-0.39, 0.29) is 0 Å². The van der Waals surface area contributed by atoms with Gasteiger partial charge in [-0.2, -0.15) is 5.43 Å². The van der Waals surface area contributed by atoms with E-state index in [2.05, 4.69) is 35.2 Å². The summed E-state index contributed by atoms with van der Waals surface area (Å²) in [5, 5.41) is 0. The molecule has 1 radical (unpaired) electrons. The third-order valence-electron chi connectivity index (χ3n) is 1.71. The first-order valence-corrected chi connectivity index (χ1v) is 3.44. The molecule has 0 aromatic rings. The molecule has 10 heavy (non-hydrogen) atoms. The first-order valence-electron chi connectivity index (χ1n) is 3.44. The van der Waals surface area contributed by atoms with E-state index in [0.717, 1.165) is 6.54 Å². The molecule has 0 spiro atoms. The van der Waals surface area contributed by atoms with Crippen LogP contribution in [-0.2, 0) is 0 Å². The Morgan fingerprint density at radius 3 is 3.40 bits per heavy atom.